The van der Waals surface area contributed by atoms with Crippen molar-refractivity contribution >= 4 is 11.6 Å². The van der Waals surface area contributed by atoms with E-state index in [1.54, 1.807) is 44.4 Å². The number of hydrogen-bond donors (Lipinski definition) is 2. The molecule has 3 nitrogen and oxygen atoms in total. The van der Waals surface area contributed by atoms with Crippen molar-refractivity contribution in [2.24, 2.45) is 0 Å². The smallest absolute Gasteiger partial charge is 0.251 e. The molecular weight excluding hydrogens is 243 g/mol. The number of hydrogen-bond acceptors (Lipinski definition) is 2. The summed E-state index contributed by atoms with van der Waals surface area (Å²) in [4.78, 5) is 11.4. The third kappa shape index (κ3) is 2.73. The molecule has 0 fully saturated rings. The Kier molecular flexibility index (Phi) is 3.80. The highest BCUT2D eigenvalue weighted by atomic mass is 19.1. The van der Waals surface area contributed by atoms with Crippen LogP contribution in [0.5, 0.6) is 0 Å². The van der Waals surface area contributed by atoms with Gasteiger partial charge < -0.3 is 10.6 Å². The molecule has 0 spiro atoms. The third-order valence-electron chi connectivity index (χ3n) is 2.94. The fourth-order valence-electron chi connectivity index (χ4n) is 1.85. The fraction of sp³-hybridized carbons (Fsp3) is 0.133. The van der Waals surface area contributed by atoms with Crippen LogP contribution in [-0.2, 0) is 0 Å². The quantitative estimate of drug-likeness (QED) is 0.888. The standard InChI is InChI=1S/C15H15FN2O/c1-17-12-7-8-13(14(16)9-12)10-3-5-11(6-4-10)15(19)18-2/h3-9,17H,1-2H3,(H,18,19). The summed E-state index contributed by atoms with van der Waals surface area (Å²) in [7, 11) is 3.32. The highest BCUT2D eigenvalue weighted by Crippen LogP contribution is 2.25. The van der Waals surface area contributed by atoms with Crippen LogP contribution in [0.15, 0.2) is 42.5 Å². The van der Waals surface area contributed by atoms with E-state index in [2.05, 4.69) is 10.6 Å². The summed E-state index contributed by atoms with van der Waals surface area (Å²) in [5, 5.41) is 5.43. The minimum atomic E-state index is -0.292. The van der Waals surface area contributed by atoms with Gasteiger partial charge in [-0.05, 0) is 35.9 Å². The second kappa shape index (κ2) is 5.52. The van der Waals surface area contributed by atoms with Gasteiger partial charge in [-0.25, -0.2) is 4.39 Å². The van der Waals surface area contributed by atoms with Crippen molar-refractivity contribution in [1.82, 2.24) is 5.32 Å². The molecule has 0 saturated heterocycles. The van der Waals surface area contributed by atoms with E-state index in [9.17, 15) is 9.18 Å². The molecule has 98 valence electrons. The molecule has 4 heteroatoms. The van der Waals surface area contributed by atoms with Crippen molar-refractivity contribution in [3.05, 3.63) is 53.8 Å². The van der Waals surface area contributed by atoms with Crippen LogP contribution < -0.4 is 10.6 Å². The van der Waals surface area contributed by atoms with Crippen LogP contribution in [-0.4, -0.2) is 20.0 Å². The van der Waals surface area contributed by atoms with Crippen LogP contribution in [0.25, 0.3) is 11.1 Å². The lowest BCUT2D eigenvalue weighted by Crippen LogP contribution is -2.17. The Morgan fingerprint density at radius 3 is 2.26 bits per heavy atom. The van der Waals surface area contributed by atoms with Gasteiger partial charge in [-0.15, -0.1) is 0 Å². The second-order valence-corrected chi connectivity index (χ2v) is 4.10. The van der Waals surface area contributed by atoms with Gasteiger partial charge in [-0.2, -0.15) is 0 Å². The van der Waals surface area contributed by atoms with Crippen molar-refractivity contribution in [2.45, 2.75) is 0 Å². The van der Waals surface area contributed by atoms with Crippen molar-refractivity contribution < 1.29 is 9.18 Å². The van der Waals surface area contributed by atoms with Gasteiger partial charge in [0.15, 0.2) is 0 Å². The summed E-state index contributed by atoms with van der Waals surface area (Å²) >= 11 is 0. The maximum Gasteiger partial charge on any atom is 0.251 e. The summed E-state index contributed by atoms with van der Waals surface area (Å²) in [6.45, 7) is 0. The molecule has 0 aliphatic rings. The summed E-state index contributed by atoms with van der Waals surface area (Å²) in [6.07, 6.45) is 0. The van der Waals surface area contributed by atoms with Crippen molar-refractivity contribution in [3.63, 3.8) is 0 Å². The van der Waals surface area contributed by atoms with Crippen LogP contribution in [0, 0.1) is 5.82 Å². The Bertz CT molecular complexity index is 594. The maximum atomic E-state index is 13.9. The summed E-state index contributed by atoms with van der Waals surface area (Å²) in [5.41, 5.74) is 2.54. The number of benzene rings is 2. The van der Waals surface area contributed by atoms with E-state index in [1.807, 2.05) is 6.07 Å². The number of carbonyl (C=O) groups is 1. The average Bonchev–Trinajstić information content (AvgIpc) is 2.46. The number of rotatable bonds is 3. The van der Waals surface area contributed by atoms with Gasteiger partial charge in [0.1, 0.15) is 5.82 Å². The van der Waals surface area contributed by atoms with Crippen molar-refractivity contribution in [1.29, 1.82) is 0 Å². The van der Waals surface area contributed by atoms with E-state index < -0.39 is 0 Å². The first-order chi connectivity index (χ1) is 9.15. The molecule has 19 heavy (non-hydrogen) atoms. The monoisotopic (exact) mass is 258 g/mol. The number of carbonyl (C=O) groups excluding carboxylic acids is 1. The van der Waals surface area contributed by atoms with E-state index >= 15 is 0 Å². The zero-order valence-corrected chi connectivity index (χ0v) is 10.8. The molecular formula is C15H15FN2O. The van der Waals surface area contributed by atoms with Gasteiger partial charge in [0.05, 0.1) is 0 Å². The first-order valence-corrected chi connectivity index (χ1v) is 5.95. The molecule has 2 aromatic rings. The largest absolute Gasteiger partial charge is 0.388 e. The Hall–Kier alpha value is -2.36. The van der Waals surface area contributed by atoms with Crippen LogP contribution in [0.2, 0.25) is 0 Å². The van der Waals surface area contributed by atoms with Crippen LogP contribution in [0.4, 0.5) is 10.1 Å². The van der Waals surface area contributed by atoms with Crippen LogP contribution in [0.1, 0.15) is 10.4 Å². The Morgan fingerprint density at radius 2 is 1.74 bits per heavy atom. The van der Waals surface area contributed by atoms with E-state index in [4.69, 9.17) is 0 Å². The minimum absolute atomic E-state index is 0.155. The summed E-state index contributed by atoms with van der Waals surface area (Å²) in [5.74, 6) is -0.447. The number of nitrogens with one attached hydrogen (secondary N) is 2. The molecule has 0 aliphatic carbocycles. The fourth-order valence-corrected chi connectivity index (χ4v) is 1.85. The summed E-state index contributed by atoms with van der Waals surface area (Å²) in [6, 6.07) is 11.8. The van der Waals surface area contributed by atoms with Gasteiger partial charge >= 0.3 is 0 Å². The average molecular weight is 258 g/mol. The highest BCUT2D eigenvalue weighted by molar-refractivity contribution is 5.94. The molecule has 0 aliphatic heterocycles. The van der Waals surface area contributed by atoms with Crippen molar-refractivity contribution in [3.8, 4) is 11.1 Å². The lowest BCUT2D eigenvalue weighted by Gasteiger charge is -2.07. The molecule has 0 radical (unpaired) electrons. The summed E-state index contributed by atoms with van der Waals surface area (Å²) < 4.78 is 13.9. The van der Waals surface area contributed by atoms with Crippen molar-refractivity contribution in [2.75, 3.05) is 19.4 Å². The lowest BCUT2D eigenvalue weighted by molar-refractivity contribution is 0.0963. The SMILES string of the molecule is CNC(=O)c1ccc(-c2ccc(NC)cc2F)cc1. The predicted octanol–water partition coefficient (Wildman–Crippen LogP) is 2.89. The molecule has 2 N–H and O–H groups in total. The van der Waals surface area contributed by atoms with E-state index in [0.717, 1.165) is 11.3 Å². The molecule has 0 saturated carbocycles. The Labute approximate surface area is 111 Å². The zero-order valence-electron chi connectivity index (χ0n) is 10.8. The topological polar surface area (TPSA) is 41.1 Å². The van der Waals surface area contributed by atoms with Gasteiger partial charge in [0.25, 0.3) is 5.91 Å². The molecule has 0 aromatic heterocycles. The second-order valence-electron chi connectivity index (χ2n) is 4.10. The molecule has 0 heterocycles. The van der Waals surface area contributed by atoms with Gasteiger partial charge in [0, 0.05) is 30.9 Å². The molecule has 1 amide bonds. The Balaban J connectivity index is 2.34. The van der Waals surface area contributed by atoms with Gasteiger partial charge in [0.2, 0.25) is 0 Å². The molecule has 2 rings (SSSR count). The molecule has 0 bridgehead atoms. The lowest BCUT2D eigenvalue weighted by atomic mass is 10.0. The number of anilines is 1. The molecule has 0 atom stereocenters. The van der Waals surface area contributed by atoms with Gasteiger partial charge in [-0.1, -0.05) is 12.1 Å². The number of amides is 1. The first-order valence-electron chi connectivity index (χ1n) is 5.95. The first kappa shape index (κ1) is 13.1. The molecule has 2 aromatic carbocycles. The highest BCUT2D eigenvalue weighted by Gasteiger charge is 2.07. The number of halogens is 1. The zero-order chi connectivity index (χ0) is 13.8. The predicted molar refractivity (Wildman–Crippen MR) is 74.8 cm³/mol. The van der Waals surface area contributed by atoms with E-state index in [0.29, 0.717) is 11.1 Å². The van der Waals surface area contributed by atoms with Crippen LogP contribution in [0.3, 0.4) is 0 Å². The normalized spacial score (nSPS) is 10.1. The van der Waals surface area contributed by atoms with Gasteiger partial charge in [-0.3, -0.25) is 4.79 Å². The maximum absolute atomic E-state index is 13.9. The third-order valence-corrected chi connectivity index (χ3v) is 2.94. The molecule has 0 unspecified atom stereocenters. The Morgan fingerprint density at radius 1 is 1.05 bits per heavy atom. The van der Waals surface area contributed by atoms with E-state index in [-0.39, 0.29) is 11.7 Å². The van der Waals surface area contributed by atoms with Crippen LogP contribution >= 0.6 is 0 Å². The van der Waals surface area contributed by atoms with E-state index in [1.165, 1.54) is 6.07 Å². The minimum Gasteiger partial charge on any atom is -0.388 e.